The van der Waals surface area contributed by atoms with Gasteiger partial charge in [-0.25, -0.2) is 13.4 Å². The Balaban J connectivity index is 1.42. The van der Waals surface area contributed by atoms with Crippen LogP contribution in [0.2, 0.25) is 0 Å². The van der Waals surface area contributed by atoms with Gasteiger partial charge >= 0.3 is 0 Å². The van der Waals surface area contributed by atoms with E-state index in [1.54, 1.807) is 11.4 Å². The molecule has 5 rings (SSSR count). The molecule has 0 bridgehead atoms. The monoisotopic (exact) mass is 538 g/mol. The van der Waals surface area contributed by atoms with Crippen LogP contribution in [0.5, 0.6) is 0 Å². The lowest BCUT2D eigenvalue weighted by molar-refractivity contribution is -0.0509. The number of aryl methyl sites for hydroxylation is 1. The Morgan fingerprint density at radius 1 is 1.05 bits per heavy atom. The Kier molecular flexibility index (Phi) is 8.38. The first kappa shape index (κ1) is 27.5. The van der Waals surface area contributed by atoms with Crippen LogP contribution in [0.3, 0.4) is 0 Å². The number of sulfonamides is 1. The van der Waals surface area contributed by atoms with E-state index in [0.717, 1.165) is 19.5 Å². The average Bonchev–Trinajstić information content (AvgIpc) is 3.36. The Bertz CT molecular complexity index is 1250. The van der Waals surface area contributed by atoms with E-state index in [4.69, 9.17) is 4.74 Å². The van der Waals surface area contributed by atoms with E-state index < -0.39 is 15.4 Å². The molecule has 0 aliphatic carbocycles. The maximum Gasteiger partial charge on any atom is 0.232 e. The third kappa shape index (κ3) is 5.10. The van der Waals surface area contributed by atoms with Crippen molar-refractivity contribution < 1.29 is 13.2 Å². The van der Waals surface area contributed by atoms with Crippen molar-refractivity contribution in [3.05, 3.63) is 71.3 Å². The number of nitrogens with one attached hydrogen (secondary N) is 1. The number of hydrazine groups is 1. The Labute approximate surface area is 228 Å². The van der Waals surface area contributed by atoms with Crippen LogP contribution in [0.25, 0.3) is 11.1 Å². The number of hydrogen-bond acceptors (Lipinski definition) is 6. The fourth-order valence-corrected chi connectivity index (χ4v) is 8.40. The highest BCUT2D eigenvalue weighted by atomic mass is 32.2. The lowest BCUT2D eigenvalue weighted by Gasteiger charge is -2.56. The summed E-state index contributed by atoms with van der Waals surface area (Å²) in [6, 6.07) is 15.7. The van der Waals surface area contributed by atoms with Gasteiger partial charge in [-0.05, 0) is 54.5 Å². The molecule has 2 fully saturated rings. The minimum Gasteiger partial charge on any atom is -0.383 e. The van der Waals surface area contributed by atoms with Gasteiger partial charge in [0.05, 0.1) is 6.61 Å². The molecule has 0 aromatic heterocycles. The molecule has 1 N–H and O–H groups in total. The van der Waals surface area contributed by atoms with E-state index in [0.29, 0.717) is 32.7 Å². The first-order chi connectivity index (χ1) is 18.4. The van der Waals surface area contributed by atoms with Crippen molar-refractivity contribution in [1.29, 1.82) is 0 Å². The quantitative estimate of drug-likeness (QED) is 0.515. The predicted molar refractivity (Wildman–Crippen MR) is 153 cm³/mol. The number of fused-ring (bicyclic) bond motifs is 1. The molecule has 7 nitrogen and oxygen atoms in total. The maximum atomic E-state index is 13.9. The third-order valence-corrected chi connectivity index (χ3v) is 10.8. The zero-order valence-corrected chi connectivity index (χ0v) is 24.0. The van der Waals surface area contributed by atoms with Crippen LogP contribution in [0, 0.1) is 13.8 Å². The predicted octanol–water partition coefficient (Wildman–Crippen LogP) is 3.90. The van der Waals surface area contributed by atoms with Crippen LogP contribution < -0.4 is 5.43 Å². The third-order valence-electron chi connectivity index (χ3n) is 8.63. The topological polar surface area (TPSA) is 65.1 Å². The van der Waals surface area contributed by atoms with Gasteiger partial charge in [0.1, 0.15) is 5.37 Å². The molecule has 0 amide bonds. The molecular formula is C30H42N4O3S. The summed E-state index contributed by atoms with van der Waals surface area (Å²) < 4.78 is 35.2. The molecule has 8 heteroatoms. The normalized spacial score (nSPS) is 27.9. The highest BCUT2D eigenvalue weighted by Gasteiger charge is 2.51. The second kappa shape index (κ2) is 11.6. The van der Waals surface area contributed by atoms with Crippen LogP contribution >= 0.6 is 0 Å². The molecule has 206 valence electrons. The summed E-state index contributed by atoms with van der Waals surface area (Å²) in [5, 5.41) is 1.42. The molecular weight excluding hydrogens is 496 g/mol. The highest BCUT2D eigenvalue weighted by molar-refractivity contribution is 7.89. The Hall–Kier alpha value is -2.07. The van der Waals surface area contributed by atoms with Gasteiger partial charge in [0.25, 0.3) is 0 Å². The van der Waals surface area contributed by atoms with Crippen molar-refractivity contribution in [3.63, 3.8) is 0 Å². The van der Waals surface area contributed by atoms with E-state index in [1.807, 2.05) is 11.1 Å². The van der Waals surface area contributed by atoms with Gasteiger partial charge in [-0.2, -0.15) is 4.31 Å². The zero-order valence-electron chi connectivity index (χ0n) is 23.1. The lowest BCUT2D eigenvalue weighted by atomic mass is 9.74. The molecule has 4 atom stereocenters. The van der Waals surface area contributed by atoms with Crippen molar-refractivity contribution in [2.45, 2.75) is 57.0 Å². The zero-order chi connectivity index (χ0) is 26.9. The van der Waals surface area contributed by atoms with E-state index in [9.17, 15) is 8.42 Å². The van der Waals surface area contributed by atoms with Gasteiger partial charge in [0.2, 0.25) is 10.0 Å². The fraction of sp³-hybridized carbons (Fsp3) is 0.533. The van der Waals surface area contributed by atoms with Crippen LogP contribution in [-0.2, 0) is 14.8 Å². The molecule has 0 spiro atoms. The molecule has 0 radical (unpaired) electrons. The van der Waals surface area contributed by atoms with Crippen molar-refractivity contribution in [2.75, 3.05) is 46.4 Å². The van der Waals surface area contributed by atoms with Gasteiger partial charge in [-0.15, -0.1) is 0 Å². The van der Waals surface area contributed by atoms with Crippen LogP contribution in [0.1, 0.15) is 42.4 Å². The number of ether oxygens (including phenoxy) is 1. The van der Waals surface area contributed by atoms with Crippen molar-refractivity contribution in [1.82, 2.24) is 19.6 Å². The summed E-state index contributed by atoms with van der Waals surface area (Å²) in [5.41, 5.74) is 9.60. The van der Waals surface area contributed by atoms with Gasteiger partial charge in [-0.1, -0.05) is 61.5 Å². The summed E-state index contributed by atoms with van der Waals surface area (Å²) in [5.74, 6) is 0.209. The molecule has 2 aromatic carbocycles. The highest BCUT2D eigenvalue weighted by Crippen LogP contribution is 2.43. The number of rotatable bonds is 8. The molecule has 38 heavy (non-hydrogen) atoms. The minimum atomic E-state index is -3.49. The second-order valence-electron chi connectivity index (χ2n) is 10.9. The number of hydrogen-bond donors (Lipinski definition) is 1. The summed E-state index contributed by atoms with van der Waals surface area (Å²) in [4.78, 5) is 2.42. The largest absolute Gasteiger partial charge is 0.383 e. The van der Waals surface area contributed by atoms with Crippen molar-refractivity contribution in [2.24, 2.45) is 0 Å². The van der Waals surface area contributed by atoms with E-state index >= 15 is 0 Å². The van der Waals surface area contributed by atoms with Gasteiger partial charge < -0.3 is 4.74 Å². The molecule has 3 aliphatic rings. The molecule has 3 heterocycles. The molecule has 2 saturated heterocycles. The fourth-order valence-electron chi connectivity index (χ4n) is 6.48. The SMILES string of the molecule is CCCN1NCCC1S(=O)(=O)N1C/C=C\CN2[C@H](COC)[C@@H](c3ccc(-c4cccc(C)c4C)cc3)[C@@H]2C1. The van der Waals surface area contributed by atoms with Gasteiger partial charge in [0, 0.05) is 57.8 Å². The second-order valence-corrected chi connectivity index (χ2v) is 13.0. The van der Waals surface area contributed by atoms with Crippen LogP contribution in [0.15, 0.2) is 54.6 Å². The van der Waals surface area contributed by atoms with Crippen LogP contribution in [-0.4, -0.2) is 86.5 Å². The first-order valence-corrected chi connectivity index (χ1v) is 15.4. The standard InChI is InChI=1S/C30H42N4O3S/c1-5-17-34-29(15-16-31-34)38(35,36)32-18-6-7-19-33-27(20-32)30(28(33)21-37-4)25-13-11-24(12-14-25)26-10-8-9-22(2)23(26)3/h6-14,27-31H,5,15-21H2,1-4H3/b7-6-/t27-,28+,29?,30-/m0/s1. The summed E-state index contributed by atoms with van der Waals surface area (Å²) in [6.07, 6.45) is 5.66. The van der Waals surface area contributed by atoms with Crippen molar-refractivity contribution >= 4 is 10.0 Å². The molecule has 0 saturated carbocycles. The summed E-state index contributed by atoms with van der Waals surface area (Å²) in [6.45, 7) is 10.2. The maximum absolute atomic E-state index is 13.9. The van der Waals surface area contributed by atoms with Gasteiger partial charge in [-0.3, -0.25) is 10.3 Å². The number of nitrogens with zero attached hydrogens (tertiary/aromatic N) is 3. The average molecular weight is 539 g/mol. The Morgan fingerprint density at radius 3 is 2.55 bits per heavy atom. The van der Waals surface area contributed by atoms with E-state index in [2.05, 4.69) is 79.6 Å². The summed E-state index contributed by atoms with van der Waals surface area (Å²) in [7, 11) is -1.74. The summed E-state index contributed by atoms with van der Waals surface area (Å²) >= 11 is 0. The lowest BCUT2D eigenvalue weighted by Crippen LogP contribution is -2.68. The smallest absolute Gasteiger partial charge is 0.232 e. The van der Waals surface area contributed by atoms with E-state index in [-0.39, 0.29) is 18.0 Å². The molecule has 2 aromatic rings. The Morgan fingerprint density at radius 2 is 1.82 bits per heavy atom. The van der Waals surface area contributed by atoms with Gasteiger partial charge in [0.15, 0.2) is 0 Å². The number of methoxy groups -OCH3 is 1. The van der Waals surface area contributed by atoms with E-state index in [1.165, 1.54) is 27.8 Å². The van der Waals surface area contributed by atoms with Crippen molar-refractivity contribution in [3.8, 4) is 11.1 Å². The minimum absolute atomic E-state index is 0.107. The molecule has 3 aliphatic heterocycles. The van der Waals surface area contributed by atoms with Crippen LogP contribution in [0.4, 0.5) is 0 Å². The first-order valence-electron chi connectivity index (χ1n) is 13.9. The molecule has 1 unspecified atom stereocenters. The number of benzene rings is 2.